The van der Waals surface area contributed by atoms with Crippen LogP contribution in [0.15, 0.2) is 54.2 Å². The molecule has 0 heterocycles. The minimum Gasteiger partial charge on any atom is -0.497 e. The summed E-state index contributed by atoms with van der Waals surface area (Å²) in [6, 6.07) is 14.4. The van der Waals surface area contributed by atoms with Crippen LogP contribution in [-0.2, 0) is 11.2 Å². The van der Waals surface area contributed by atoms with E-state index in [1.165, 1.54) is 6.20 Å². The highest BCUT2D eigenvalue weighted by molar-refractivity contribution is 6.33. The summed E-state index contributed by atoms with van der Waals surface area (Å²) in [6.45, 7) is 0.415. The van der Waals surface area contributed by atoms with Gasteiger partial charge < -0.3 is 21.1 Å². The Morgan fingerprint density at radius 2 is 2.04 bits per heavy atom. The van der Waals surface area contributed by atoms with E-state index in [1.807, 2.05) is 30.3 Å². The number of nitriles is 1. The van der Waals surface area contributed by atoms with Gasteiger partial charge in [0.2, 0.25) is 0 Å². The molecule has 6 nitrogen and oxygen atoms in total. The monoisotopic (exact) mass is 370 g/mol. The number of hydrogen-bond donors (Lipinski definition) is 3. The van der Waals surface area contributed by atoms with Gasteiger partial charge in [0.1, 0.15) is 17.4 Å². The Kier molecular flexibility index (Phi) is 6.89. The lowest BCUT2D eigenvalue weighted by Gasteiger charge is -2.07. The largest absolute Gasteiger partial charge is 0.497 e. The van der Waals surface area contributed by atoms with Crippen LogP contribution in [0.2, 0.25) is 5.02 Å². The number of anilines is 2. The Morgan fingerprint density at radius 3 is 2.65 bits per heavy atom. The predicted octanol–water partition coefficient (Wildman–Crippen LogP) is 3.11. The van der Waals surface area contributed by atoms with Gasteiger partial charge in [0.15, 0.2) is 0 Å². The molecule has 0 atom stereocenters. The van der Waals surface area contributed by atoms with Crippen LogP contribution in [0.5, 0.6) is 5.75 Å². The molecule has 1 amide bonds. The van der Waals surface area contributed by atoms with Crippen molar-refractivity contribution in [3.05, 3.63) is 64.8 Å². The number of hydrogen-bond acceptors (Lipinski definition) is 5. The smallest absolute Gasteiger partial charge is 0.263 e. The summed E-state index contributed by atoms with van der Waals surface area (Å²) in [5.74, 6) is 0.330. The maximum atomic E-state index is 12.1. The lowest BCUT2D eigenvalue weighted by atomic mass is 10.1. The van der Waals surface area contributed by atoms with E-state index in [-0.39, 0.29) is 5.57 Å². The van der Waals surface area contributed by atoms with Crippen molar-refractivity contribution >= 4 is 28.9 Å². The van der Waals surface area contributed by atoms with Crippen LogP contribution in [0.25, 0.3) is 0 Å². The average molecular weight is 371 g/mol. The quantitative estimate of drug-likeness (QED) is 0.395. The van der Waals surface area contributed by atoms with Crippen LogP contribution in [0, 0.1) is 11.3 Å². The van der Waals surface area contributed by atoms with E-state index in [4.69, 9.17) is 27.3 Å². The highest BCUT2D eigenvalue weighted by Crippen LogP contribution is 2.22. The second kappa shape index (κ2) is 9.35. The van der Waals surface area contributed by atoms with E-state index in [1.54, 1.807) is 25.3 Å². The van der Waals surface area contributed by atoms with Gasteiger partial charge in [0, 0.05) is 18.4 Å². The fraction of sp³-hybridized carbons (Fsp3) is 0.158. The first kappa shape index (κ1) is 19.2. The fourth-order valence-electron chi connectivity index (χ4n) is 2.13. The second-order valence-corrected chi connectivity index (χ2v) is 5.81. The highest BCUT2D eigenvalue weighted by atomic mass is 35.5. The molecule has 7 heteroatoms. The van der Waals surface area contributed by atoms with Crippen molar-refractivity contribution in [2.75, 3.05) is 24.7 Å². The van der Waals surface area contributed by atoms with E-state index in [0.717, 1.165) is 11.3 Å². The zero-order chi connectivity index (χ0) is 18.9. The Hall–Kier alpha value is -3.17. The number of ether oxygens (including phenoxy) is 1. The number of nitrogens with two attached hydrogens (primary N) is 1. The molecule has 0 fully saturated rings. The molecule has 134 valence electrons. The zero-order valence-electron chi connectivity index (χ0n) is 14.3. The Bertz CT molecular complexity index is 842. The highest BCUT2D eigenvalue weighted by Gasteiger charge is 2.08. The van der Waals surface area contributed by atoms with Crippen LogP contribution in [0.3, 0.4) is 0 Å². The molecule has 0 radical (unpaired) electrons. The molecule has 2 aromatic rings. The lowest BCUT2D eigenvalue weighted by Crippen LogP contribution is -2.27. The summed E-state index contributed by atoms with van der Waals surface area (Å²) in [5, 5.41) is 15.1. The number of nitrogens with one attached hydrogen (secondary N) is 2. The van der Waals surface area contributed by atoms with Gasteiger partial charge in [-0.1, -0.05) is 23.7 Å². The molecule has 0 bridgehead atoms. The Balaban J connectivity index is 1.88. The van der Waals surface area contributed by atoms with E-state index >= 15 is 0 Å². The molecule has 2 rings (SSSR count). The van der Waals surface area contributed by atoms with Crippen molar-refractivity contribution in [3.63, 3.8) is 0 Å². The van der Waals surface area contributed by atoms with Crippen molar-refractivity contribution in [2.45, 2.75) is 6.42 Å². The molecule has 4 N–H and O–H groups in total. The number of rotatable bonds is 7. The summed E-state index contributed by atoms with van der Waals surface area (Å²) < 4.78 is 5.10. The first-order valence-electron chi connectivity index (χ1n) is 7.86. The second-order valence-electron chi connectivity index (χ2n) is 5.40. The summed E-state index contributed by atoms with van der Waals surface area (Å²) in [4.78, 5) is 12.1. The maximum absolute atomic E-state index is 12.1. The summed E-state index contributed by atoms with van der Waals surface area (Å²) in [6.07, 6.45) is 1.99. The van der Waals surface area contributed by atoms with Crippen molar-refractivity contribution in [2.24, 2.45) is 0 Å². The Labute approximate surface area is 157 Å². The van der Waals surface area contributed by atoms with Crippen molar-refractivity contribution in [1.29, 1.82) is 5.26 Å². The van der Waals surface area contributed by atoms with Gasteiger partial charge in [-0.2, -0.15) is 5.26 Å². The normalized spacial score (nSPS) is 10.7. The maximum Gasteiger partial charge on any atom is 0.263 e. The molecule has 0 aliphatic heterocycles. The average Bonchev–Trinajstić information content (AvgIpc) is 2.65. The minimum absolute atomic E-state index is 0.0346. The molecular weight excluding hydrogens is 352 g/mol. The van der Waals surface area contributed by atoms with Crippen LogP contribution in [0.4, 0.5) is 11.4 Å². The number of nitrogens with zero attached hydrogens (tertiary/aromatic N) is 1. The first-order chi connectivity index (χ1) is 12.5. The predicted molar refractivity (Wildman–Crippen MR) is 103 cm³/mol. The van der Waals surface area contributed by atoms with Crippen LogP contribution >= 0.6 is 11.6 Å². The third-order valence-corrected chi connectivity index (χ3v) is 3.93. The summed E-state index contributed by atoms with van der Waals surface area (Å²) in [5.41, 5.74) is 7.75. The van der Waals surface area contributed by atoms with Crippen molar-refractivity contribution in [3.8, 4) is 11.8 Å². The minimum atomic E-state index is -0.449. The zero-order valence-corrected chi connectivity index (χ0v) is 15.0. The van der Waals surface area contributed by atoms with Crippen molar-refractivity contribution in [1.82, 2.24) is 5.32 Å². The molecule has 0 aliphatic carbocycles. The summed E-state index contributed by atoms with van der Waals surface area (Å²) in [7, 11) is 1.61. The van der Waals surface area contributed by atoms with Gasteiger partial charge >= 0.3 is 0 Å². The first-order valence-corrected chi connectivity index (χ1v) is 8.24. The number of benzene rings is 2. The standard InChI is InChI=1S/C19H19ClN4O2/c1-26-16-5-2-13(3-6-16)8-9-23-19(25)14(11-21)12-24-15-4-7-18(22)17(20)10-15/h2-7,10,12,24H,8-9,22H2,1H3,(H,23,25)/b14-12-. The molecule has 0 spiro atoms. The van der Waals surface area contributed by atoms with E-state index < -0.39 is 5.91 Å². The van der Waals surface area contributed by atoms with E-state index in [2.05, 4.69) is 10.6 Å². The van der Waals surface area contributed by atoms with Crippen LogP contribution < -0.4 is 21.1 Å². The van der Waals surface area contributed by atoms with E-state index in [0.29, 0.717) is 29.4 Å². The van der Waals surface area contributed by atoms with Gasteiger partial charge in [0.25, 0.3) is 5.91 Å². The van der Waals surface area contributed by atoms with Crippen LogP contribution in [-0.4, -0.2) is 19.6 Å². The van der Waals surface area contributed by atoms with Gasteiger partial charge in [-0.05, 0) is 42.3 Å². The Morgan fingerprint density at radius 1 is 1.31 bits per heavy atom. The third kappa shape index (κ3) is 5.43. The number of amides is 1. The molecular formula is C19H19ClN4O2. The fourth-order valence-corrected chi connectivity index (χ4v) is 2.31. The van der Waals surface area contributed by atoms with Crippen molar-refractivity contribution < 1.29 is 9.53 Å². The SMILES string of the molecule is COc1ccc(CCNC(=O)/C(C#N)=C\Nc2ccc(N)c(Cl)c2)cc1. The number of nitrogen functional groups attached to an aromatic ring is 1. The number of carbonyl (C=O) groups excluding carboxylic acids is 1. The molecule has 0 aromatic heterocycles. The molecule has 2 aromatic carbocycles. The third-order valence-electron chi connectivity index (χ3n) is 3.61. The van der Waals surface area contributed by atoms with E-state index in [9.17, 15) is 4.79 Å². The molecule has 0 unspecified atom stereocenters. The number of halogens is 1. The van der Waals surface area contributed by atoms with Gasteiger partial charge in [0.05, 0.1) is 17.8 Å². The van der Waals surface area contributed by atoms with Crippen LogP contribution in [0.1, 0.15) is 5.56 Å². The van der Waals surface area contributed by atoms with Gasteiger partial charge in [-0.3, -0.25) is 4.79 Å². The molecule has 0 saturated carbocycles. The molecule has 26 heavy (non-hydrogen) atoms. The molecule has 0 saturated heterocycles. The number of methoxy groups -OCH3 is 1. The molecule has 0 aliphatic rings. The van der Waals surface area contributed by atoms with Gasteiger partial charge in [-0.25, -0.2) is 0 Å². The topological polar surface area (TPSA) is 100 Å². The van der Waals surface area contributed by atoms with Gasteiger partial charge in [-0.15, -0.1) is 0 Å². The lowest BCUT2D eigenvalue weighted by molar-refractivity contribution is -0.117. The number of carbonyl (C=O) groups is 1. The summed E-state index contributed by atoms with van der Waals surface area (Å²) >= 11 is 5.93.